The van der Waals surface area contributed by atoms with Crippen molar-refractivity contribution in [2.45, 2.75) is 5.25 Å². The molecule has 0 saturated heterocycles. The molecule has 126 valence electrons. The average Bonchev–Trinajstić information content (AvgIpc) is 2.61. The molecular formula is C16H12N4O4S. The highest BCUT2D eigenvalue weighted by molar-refractivity contribution is 8.14. The minimum Gasteiger partial charge on any atom is -0.378 e. The zero-order valence-corrected chi connectivity index (χ0v) is 13.6. The first-order valence-electron chi connectivity index (χ1n) is 7.17. The molecule has 2 aromatic rings. The molecule has 8 nitrogen and oxygen atoms in total. The first-order chi connectivity index (χ1) is 12.0. The van der Waals surface area contributed by atoms with Gasteiger partial charge in [0.1, 0.15) is 0 Å². The largest absolute Gasteiger partial charge is 0.378 e. The lowest BCUT2D eigenvalue weighted by molar-refractivity contribution is -0.422. The number of nitro groups is 2. The fourth-order valence-corrected chi connectivity index (χ4v) is 3.46. The van der Waals surface area contributed by atoms with E-state index in [0.29, 0.717) is 5.70 Å². The van der Waals surface area contributed by atoms with Crippen molar-refractivity contribution in [3.8, 4) is 0 Å². The van der Waals surface area contributed by atoms with Crippen LogP contribution in [-0.2, 0) is 0 Å². The van der Waals surface area contributed by atoms with E-state index >= 15 is 0 Å². The Hall–Kier alpha value is -3.20. The number of hydrogen-bond acceptors (Lipinski definition) is 7. The number of hydrogen-bond donors (Lipinski definition) is 1. The number of amidine groups is 1. The minimum absolute atomic E-state index is 0.218. The molecule has 9 heteroatoms. The molecule has 2 N–H and O–H groups in total. The van der Waals surface area contributed by atoms with E-state index in [1.54, 1.807) is 6.08 Å². The first kappa shape index (κ1) is 16.7. The Kier molecular flexibility index (Phi) is 4.48. The van der Waals surface area contributed by atoms with Gasteiger partial charge in [0.15, 0.2) is 5.17 Å². The van der Waals surface area contributed by atoms with Gasteiger partial charge >= 0.3 is 11.4 Å². The van der Waals surface area contributed by atoms with Crippen LogP contribution in [0, 0.1) is 20.2 Å². The Labute approximate surface area is 146 Å². The predicted octanol–water partition coefficient (Wildman–Crippen LogP) is 3.65. The van der Waals surface area contributed by atoms with Gasteiger partial charge in [-0.2, -0.15) is 0 Å². The molecule has 1 aliphatic rings. The van der Waals surface area contributed by atoms with Crippen LogP contribution >= 0.6 is 11.8 Å². The predicted molar refractivity (Wildman–Crippen MR) is 96.1 cm³/mol. The van der Waals surface area contributed by atoms with Crippen LogP contribution in [-0.4, -0.2) is 15.0 Å². The van der Waals surface area contributed by atoms with Crippen molar-refractivity contribution in [2.75, 3.05) is 0 Å². The van der Waals surface area contributed by atoms with E-state index < -0.39 is 26.5 Å². The number of aliphatic imine (C=N–C) groups is 1. The third-order valence-electron chi connectivity index (χ3n) is 3.59. The van der Waals surface area contributed by atoms with Crippen LogP contribution in [0.2, 0.25) is 0 Å². The molecule has 0 fully saturated rings. The third-order valence-corrected chi connectivity index (χ3v) is 4.57. The fraction of sp³-hybridized carbons (Fsp3) is 0.0625. The number of rotatable bonds is 4. The number of benzene rings is 2. The van der Waals surface area contributed by atoms with Gasteiger partial charge in [0.25, 0.3) is 0 Å². The second-order valence-electron chi connectivity index (χ2n) is 5.14. The molecule has 25 heavy (non-hydrogen) atoms. The van der Waals surface area contributed by atoms with Gasteiger partial charge in [0.2, 0.25) is 0 Å². The maximum Gasteiger partial charge on any atom is 0.350 e. The van der Waals surface area contributed by atoms with E-state index in [1.165, 1.54) is 12.1 Å². The summed E-state index contributed by atoms with van der Waals surface area (Å²) in [7, 11) is 0. The smallest absolute Gasteiger partial charge is 0.350 e. The molecule has 1 atom stereocenters. The van der Waals surface area contributed by atoms with E-state index in [0.717, 1.165) is 23.4 Å². The SMILES string of the molecule is NC1=NC(c2ccccc2)=CC(c2cccc([N+](=O)[O-])c2[N+](=O)[O-])S1. The lowest BCUT2D eigenvalue weighted by Crippen LogP contribution is -2.14. The van der Waals surface area contributed by atoms with E-state index in [4.69, 9.17) is 5.73 Å². The summed E-state index contributed by atoms with van der Waals surface area (Å²) in [4.78, 5) is 25.4. The number of thioether (sulfide) groups is 1. The summed E-state index contributed by atoms with van der Waals surface area (Å²) in [6.45, 7) is 0. The Balaban J connectivity index is 2.12. The lowest BCUT2D eigenvalue weighted by atomic mass is 10.0. The Bertz CT molecular complexity index is 912. The minimum atomic E-state index is -0.756. The highest BCUT2D eigenvalue weighted by atomic mass is 32.2. The zero-order chi connectivity index (χ0) is 18.0. The molecular weight excluding hydrogens is 344 g/mol. The summed E-state index contributed by atoms with van der Waals surface area (Å²) in [5.74, 6) is 0. The molecule has 0 aromatic heterocycles. The van der Waals surface area contributed by atoms with Crippen molar-refractivity contribution < 1.29 is 9.85 Å². The van der Waals surface area contributed by atoms with Crippen molar-refractivity contribution in [1.82, 2.24) is 0 Å². The summed E-state index contributed by atoms with van der Waals surface area (Å²) in [6.07, 6.45) is 1.72. The Morgan fingerprint density at radius 1 is 1.00 bits per heavy atom. The summed E-state index contributed by atoms with van der Waals surface area (Å²) >= 11 is 1.11. The Morgan fingerprint density at radius 3 is 2.36 bits per heavy atom. The van der Waals surface area contributed by atoms with Gasteiger partial charge in [-0.15, -0.1) is 0 Å². The Morgan fingerprint density at radius 2 is 1.72 bits per heavy atom. The van der Waals surface area contributed by atoms with E-state index in [-0.39, 0.29) is 10.7 Å². The van der Waals surface area contributed by atoms with Crippen LogP contribution in [0.25, 0.3) is 5.70 Å². The summed E-state index contributed by atoms with van der Waals surface area (Å²) in [5.41, 5.74) is 6.41. The molecule has 1 heterocycles. The van der Waals surface area contributed by atoms with Gasteiger partial charge in [-0.1, -0.05) is 54.2 Å². The second kappa shape index (κ2) is 6.73. The van der Waals surface area contributed by atoms with Crippen LogP contribution in [0.15, 0.2) is 59.6 Å². The molecule has 0 spiro atoms. The normalized spacial score (nSPS) is 16.7. The molecule has 0 bridgehead atoms. The first-order valence-corrected chi connectivity index (χ1v) is 8.05. The van der Waals surface area contributed by atoms with Gasteiger partial charge in [-0.3, -0.25) is 20.2 Å². The summed E-state index contributed by atoms with van der Waals surface area (Å²) < 4.78 is 0. The van der Waals surface area contributed by atoms with Gasteiger partial charge in [0.05, 0.1) is 26.4 Å². The zero-order valence-electron chi connectivity index (χ0n) is 12.7. The van der Waals surface area contributed by atoms with Crippen LogP contribution in [0.5, 0.6) is 0 Å². The van der Waals surface area contributed by atoms with Gasteiger partial charge < -0.3 is 5.73 Å². The van der Waals surface area contributed by atoms with Crippen molar-refractivity contribution in [2.24, 2.45) is 10.7 Å². The molecule has 0 amide bonds. The summed E-state index contributed by atoms with van der Waals surface area (Å²) in [6, 6.07) is 13.3. The monoisotopic (exact) mass is 356 g/mol. The molecule has 1 unspecified atom stereocenters. The van der Waals surface area contributed by atoms with E-state index in [9.17, 15) is 20.2 Å². The van der Waals surface area contributed by atoms with Crippen molar-refractivity contribution in [1.29, 1.82) is 0 Å². The van der Waals surface area contributed by atoms with E-state index in [1.807, 2.05) is 30.3 Å². The maximum atomic E-state index is 11.4. The highest BCUT2D eigenvalue weighted by Gasteiger charge is 2.33. The van der Waals surface area contributed by atoms with Crippen LogP contribution in [0.4, 0.5) is 11.4 Å². The maximum absolute atomic E-state index is 11.4. The highest BCUT2D eigenvalue weighted by Crippen LogP contribution is 2.44. The van der Waals surface area contributed by atoms with Crippen LogP contribution in [0.1, 0.15) is 16.4 Å². The molecule has 0 saturated carbocycles. The van der Waals surface area contributed by atoms with Crippen LogP contribution in [0.3, 0.4) is 0 Å². The number of para-hydroxylation sites is 1. The standard InChI is InChI=1S/C16H12N4O4S/c17-16-18-12(10-5-2-1-3-6-10)9-14(25-16)11-7-4-8-13(19(21)22)15(11)20(23)24/h1-9,14H,(H2,17,18). The molecule has 3 rings (SSSR count). The van der Waals surface area contributed by atoms with Gasteiger partial charge in [0, 0.05) is 6.07 Å². The average molecular weight is 356 g/mol. The van der Waals surface area contributed by atoms with E-state index in [2.05, 4.69) is 4.99 Å². The number of nitro benzene ring substituents is 2. The van der Waals surface area contributed by atoms with Crippen molar-refractivity contribution in [3.05, 3.63) is 86.0 Å². The molecule has 2 aromatic carbocycles. The van der Waals surface area contributed by atoms with Crippen molar-refractivity contribution >= 4 is 34.0 Å². The molecule has 0 radical (unpaired) electrons. The summed E-state index contributed by atoms with van der Waals surface area (Å²) in [5, 5.41) is 22.3. The second-order valence-corrected chi connectivity index (χ2v) is 6.30. The topological polar surface area (TPSA) is 125 Å². The van der Waals surface area contributed by atoms with Crippen molar-refractivity contribution in [3.63, 3.8) is 0 Å². The molecule has 1 aliphatic heterocycles. The number of nitrogens with zero attached hydrogens (tertiary/aromatic N) is 3. The molecule has 0 aliphatic carbocycles. The van der Waals surface area contributed by atoms with Crippen LogP contribution < -0.4 is 5.73 Å². The fourth-order valence-electron chi connectivity index (χ4n) is 2.54. The van der Waals surface area contributed by atoms with Gasteiger partial charge in [-0.05, 0) is 11.6 Å². The number of nitrogens with two attached hydrogens (primary N) is 1. The lowest BCUT2D eigenvalue weighted by Gasteiger charge is -2.18. The van der Waals surface area contributed by atoms with Gasteiger partial charge in [-0.25, -0.2) is 4.99 Å². The third kappa shape index (κ3) is 3.36. The quantitative estimate of drug-likeness (QED) is 0.658.